The third-order valence-electron chi connectivity index (χ3n) is 6.39. The van der Waals surface area contributed by atoms with Crippen molar-refractivity contribution in [2.24, 2.45) is 13.0 Å². The minimum absolute atomic E-state index is 0.111. The standard InChI is InChI=1S/C25H30FN3O2S/c1-3-7-19-13-21-15-25(26)20(10-11-28-32(30,31)22-16-27-29(2)17-22)14-24(21)23(19)12-18-8-5-4-6-9-18/h4-6,8-9,14-17,19,23,28H,3,7,10-13H2,1-2H3. The summed E-state index contributed by atoms with van der Waals surface area (Å²) in [5, 5.41) is 3.90. The van der Waals surface area contributed by atoms with Gasteiger partial charge < -0.3 is 0 Å². The summed E-state index contributed by atoms with van der Waals surface area (Å²) in [4.78, 5) is 0.111. The van der Waals surface area contributed by atoms with Crippen LogP contribution in [-0.2, 0) is 36.3 Å². The van der Waals surface area contributed by atoms with Gasteiger partial charge in [-0.3, -0.25) is 4.68 Å². The van der Waals surface area contributed by atoms with Crippen LogP contribution in [0.25, 0.3) is 0 Å². The highest BCUT2D eigenvalue weighted by Crippen LogP contribution is 2.43. The van der Waals surface area contributed by atoms with Gasteiger partial charge in [0.1, 0.15) is 10.7 Å². The van der Waals surface area contributed by atoms with Crippen LogP contribution in [0.5, 0.6) is 0 Å². The quantitative estimate of drug-likeness (QED) is 0.521. The molecule has 0 amide bonds. The SMILES string of the molecule is CCCC1Cc2cc(F)c(CCNS(=O)(=O)c3cnn(C)c3)cc2C1Cc1ccccc1. The maximum atomic E-state index is 14.9. The summed E-state index contributed by atoms with van der Waals surface area (Å²) in [5.41, 5.74) is 4.18. The molecule has 2 atom stereocenters. The van der Waals surface area contributed by atoms with E-state index < -0.39 is 10.0 Å². The van der Waals surface area contributed by atoms with Gasteiger partial charge in [0.2, 0.25) is 10.0 Å². The van der Waals surface area contributed by atoms with Crippen molar-refractivity contribution in [1.82, 2.24) is 14.5 Å². The zero-order valence-electron chi connectivity index (χ0n) is 18.6. The van der Waals surface area contributed by atoms with Gasteiger partial charge in [0.05, 0.1) is 6.20 Å². The van der Waals surface area contributed by atoms with Crippen LogP contribution >= 0.6 is 0 Å². The molecule has 0 aliphatic heterocycles. The van der Waals surface area contributed by atoms with Gasteiger partial charge in [0.15, 0.2) is 0 Å². The molecule has 1 aromatic heterocycles. The van der Waals surface area contributed by atoms with Crippen molar-refractivity contribution in [2.45, 2.75) is 49.8 Å². The fourth-order valence-corrected chi connectivity index (χ4v) is 5.84. The van der Waals surface area contributed by atoms with Crippen LogP contribution in [-0.4, -0.2) is 24.7 Å². The lowest BCUT2D eigenvalue weighted by Gasteiger charge is -2.21. The van der Waals surface area contributed by atoms with E-state index in [1.165, 1.54) is 28.2 Å². The molecule has 0 spiro atoms. The van der Waals surface area contributed by atoms with E-state index in [1.54, 1.807) is 13.1 Å². The molecule has 1 N–H and O–H groups in total. The van der Waals surface area contributed by atoms with Gasteiger partial charge in [-0.2, -0.15) is 5.10 Å². The summed E-state index contributed by atoms with van der Waals surface area (Å²) in [7, 11) is -1.99. The summed E-state index contributed by atoms with van der Waals surface area (Å²) in [6.07, 6.45) is 7.13. The number of nitrogens with zero attached hydrogens (tertiary/aromatic N) is 2. The highest BCUT2D eigenvalue weighted by atomic mass is 32.2. The van der Waals surface area contributed by atoms with Crippen LogP contribution in [0.2, 0.25) is 0 Å². The first kappa shape index (κ1) is 22.7. The molecular weight excluding hydrogens is 425 g/mol. The summed E-state index contributed by atoms with van der Waals surface area (Å²) in [5.74, 6) is 0.618. The first-order valence-corrected chi connectivity index (χ1v) is 12.7. The van der Waals surface area contributed by atoms with E-state index in [2.05, 4.69) is 41.0 Å². The Morgan fingerprint density at radius 2 is 2.00 bits per heavy atom. The van der Waals surface area contributed by atoms with Gasteiger partial charge in [-0.15, -0.1) is 0 Å². The number of hydrogen-bond donors (Lipinski definition) is 1. The molecule has 32 heavy (non-hydrogen) atoms. The zero-order valence-corrected chi connectivity index (χ0v) is 19.4. The predicted molar refractivity (Wildman–Crippen MR) is 123 cm³/mol. The number of hydrogen-bond acceptors (Lipinski definition) is 3. The van der Waals surface area contributed by atoms with Gasteiger partial charge in [-0.05, 0) is 65.8 Å². The lowest BCUT2D eigenvalue weighted by molar-refractivity contribution is 0.418. The minimum Gasteiger partial charge on any atom is -0.274 e. The van der Waals surface area contributed by atoms with Crippen molar-refractivity contribution in [3.63, 3.8) is 0 Å². The lowest BCUT2D eigenvalue weighted by Crippen LogP contribution is -2.26. The number of aryl methyl sites for hydroxylation is 1. The van der Waals surface area contributed by atoms with Crippen molar-refractivity contribution in [3.8, 4) is 0 Å². The van der Waals surface area contributed by atoms with E-state index in [9.17, 15) is 12.8 Å². The Labute approximate surface area is 189 Å². The molecule has 0 radical (unpaired) electrons. The minimum atomic E-state index is -3.66. The third kappa shape index (κ3) is 4.94. The molecule has 1 aliphatic rings. The molecule has 0 fully saturated rings. The largest absolute Gasteiger partial charge is 0.274 e. The van der Waals surface area contributed by atoms with E-state index in [0.717, 1.165) is 31.2 Å². The van der Waals surface area contributed by atoms with Crippen LogP contribution in [0.3, 0.4) is 0 Å². The monoisotopic (exact) mass is 455 g/mol. The Morgan fingerprint density at radius 1 is 1.22 bits per heavy atom. The maximum Gasteiger partial charge on any atom is 0.243 e. The van der Waals surface area contributed by atoms with Crippen LogP contribution in [0.1, 0.15) is 47.9 Å². The number of halogens is 1. The Bertz CT molecular complexity index is 1180. The molecule has 1 aliphatic carbocycles. The third-order valence-corrected chi connectivity index (χ3v) is 7.81. The first-order chi connectivity index (χ1) is 15.4. The molecule has 0 saturated carbocycles. The zero-order chi connectivity index (χ0) is 22.7. The summed E-state index contributed by atoms with van der Waals surface area (Å²) in [6.45, 7) is 2.33. The number of fused-ring (bicyclic) bond motifs is 1. The summed E-state index contributed by atoms with van der Waals surface area (Å²) >= 11 is 0. The summed E-state index contributed by atoms with van der Waals surface area (Å²) < 4.78 is 43.7. The number of rotatable bonds is 9. The first-order valence-electron chi connectivity index (χ1n) is 11.2. The fourth-order valence-electron chi connectivity index (χ4n) is 4.83. The molecule has 4 rings (SSSR count). The normalized spacial score (nSPS) is 18.1. The van der Waals surface area contributed by atoms with Gasteiger partial charge in [0.25, 0.3) is 0 Å². The molecule has 170 valence electrons. The van der Waals surface area contributed by atoms with Crippen LogP contribution in [0.4, 0.5) is 4.39 Å². The molecule has 3 aromatic rings. The Hall–Kier alpha value is -2.51. The Balaban J connectivity index is 1.52. The van der Waals surface area contributed by atoms with E-state index in [1.807, 2.05) is 12.1 Å². The molecule has 5 nitrogen and oxygen atoms in total. The molecule has 2 aromatic carbocycles. The van der Waals surface area contributed by atoms with Gasteiger partial charge >= 0.3 is 0 Å². The molecular formula is C25H30FN3O2S. The number of aromatic nitrogens is 2. The van der Waals surface area contributed by atoms with E-state index in [-0.39, 0.29) is 17.3 Å². The number of benzene rings is 2. The lowest BCUT2D eigenvalue weighted by atomic mass is 9.84. The molecule has 2 unspecified atom stereocenters. The van der Waals surface area contributed by atoms with E-state index in [4.69, 9.17) is 0 Å². The van der Waals surface area contributed by atoms with Crippen molar-refractivity contribution in [1.29, 1.82) is 0 Å². The van der Waals surface area contributed by atoms with E-state index >= 15 is 0 Å². The van der Waals surface area contributed by atoms with Gasteiger partial charge in [0, 0.05) is 19.8 Å². The fraction of sp³-hybridized carbons (Fsp3) is 0.400. The second-order valence-electron chi connectivity index (χ2n) is 8.69. The average molecular weight is 456 g/mol. The van der Waals surface area contributed by atoms with Gasteiger partial charge in [-0.25, -0.2) is 17.5 Å². The second-order valence-corrected chi connectivity index (χ2v) is 10.5. The second kappa shape index (κ2) is 9.55. The predicted octanol–water partition coefficient (Wildman–Crippen LogP) is 4.38. The smallest absolute Gasteiger partial charge is 0.243 e. The highest BCUT2D eigenvalue weighted by Gasteiger charge is 2.33. The summed E-state index contributed by atoms with van der Waals surface area (Å²) in [6, 6.07) is 14.1. The van der Waals surface area contributed by atoms with Crippen LogP contribution < -0.4 is 4.72 Å². The van der Waals surface area contributed by atoms with Crippen LogP contribution in [0.15, 0.2) is 59.8 Å². The molecule has 0 bridgehead atoms. The van der Waals surface area contributed by atoms with E-state index in [0.29, 0.717) is 23.8 Å². The van der Waals surface area contributed by atoms with Crippen molar-refractivity contribution in [2.75, 3.05) is 6.54 Å². The van der Waals surface area contributed by atoms with Crippen LogP contribution in [0, 0.1) is 11.7 Å². The topological polar surface area (TPSA) is 64.0 Å². The number of sulfonamides is 1. The highest BCUT2D eigenvalue weighted by molar-refractivity contribution is 7.89. The van der Waals surface area contributed by atoms with Gasteiger partial charge in [-0.1, -0.05) is 49.7 Å². The van der Waals surface area contributed by atoms with Crippen molar-refractivity contribution >= 4 is 10.0 Å². The maximum absolute atomic E-state index is 14.9. The van der Waals surface area contributed by atoms with Crippen molar-refractivity contribution < 1.29 is 12.8 Å². The molecule has 7 heteroatoms. The Morgan fingerprint density at radius 3 is 2.69 bits per heavy atom. The Kier molecular flexibility index (Phi) is 6.76. The molecule has 0 saturated heterocycles. The average Bonchev–Trinajstić information content (AvgIpc) is 3.34. The number of nitrogens with one attached hydrogen (secondary N) is 1. The molecule has 1 heterocycles. The van der Waals surface area contributed by atoms with Crippen molar-refractivity contribution in [3.05, 3.63) is 82.9 Å².